The number of fused-ring (bicyclic) bond motifs is 1. The quantitative estimate of drug-likeness (QED) is 0.226. The lowest BCUT2D eigenvalue weighted by Crippen LogP contribution is -2.37. The highest BCUT2D eigenvalue weighted by Crippen LogP contribution is 2.36. The van der Waals surface area contributed by atoms with Crippen LogP contribution in [0, 0.1) is 23.7 Å². The highest BCUT2D eigenvalue weighted by molar-refractivity contribution is 5.77. The molecule has 2 fully saturated rings. The fourth-order valence-corrected chi connectivity index (χ4v) is 6.13. The molecule has 0 radical (unpaired) electrons. The molecule has 3 N–H and O–H groups in total. The summed E-state index contributed by atoms with van der Waals surface area (Å²) in [7, 11) is 0. The van der Waals surface area contributed by atoms with Gasteiger partial charge in [0, 0.05) is 36.0 Å². The Morgan fingerprint density at radius 3 is 2.23 bits per heavy atom. The molecular formula is C34H38N6O4. The van der Waals surface area contributed by atoms with E-state index in [0.29, 0.717) is 30.7 Å². The van der Waals surface area contributed by atoms with Crippen LogP contribution in [-0.2, 0) is 4.74 Å². The topological polar surface area (TPSA) is 127 Å². The standard InChI is InChI=1S/C34H38N6O4/c1-20-14-28(39(18-20)32(41)42)30-35-17-27(38-30)24-11-8-22(9-12-24)6-7-23-10-13-25-26(16-23)37-31(36-25)29-15-21(2)19-40(29)33(43)44-34(3,4)5/h8-13,16-17,20-21,28-29H,14-15,18-19H2,1-5H3,(H,35,38)(H,36,37)(H,41,42)/t20-,21-,28-,29-/m0/s1. The molecule has 4 heterocycles. The zero-order valence-electron chi connectivity index (χ0n) is 25.7. The van der Waals surface area contributed by atoms with Gasteiger partial charge in [0.1, 0.15) is 17.2 Å². The maximum Gasteiger partial charge on any atom is 0.410 e. The first-order valence-electron chi connectivity index (χ1n) is 15.1. The summed E-state index contributed by atoms with van der Waals surface area (Å²) in [6, 6.07) is 13.3. The molecule has 4 atom stereocenters. The Bertz CT molecular complexity index is 1760. The van der Waals surface area contributed by atoms with Crippen LogP contribution in [0.25, 0.3) is 22.3 Å². The van der Waals surface area contributed by atoms with E-state index < -0.39 is 11.7 Å². The molecule has 2 aromatic carbocycles. The van der Waals surface area contributed by atoms with Gasteiger partial charge >= 0.3 is 12.2 Å². The molecule has 2 amide bonds. The Hall–Kier alpha value is -4.78. The number of amides is 2. The molecule has 2 aliphatic rings. The molecule has 0 saturated carbocycles. The summed E-state index contributed by atoms with van der Waals surface area (Å²) < 4.78 is 5.66. The van der Waals surface area contributed by atoms with E-state index in [0.717, 1.165) is 52.1 Å². The Kier molecular flexibility index (Phi) is 7.58. The van der Waals surface area contributed by atoms with Gasteiger partial charge in [-0.05, 0) is 75.8 Å². The number of hydrogen-bond donors (Lipinski definition) is 3. The monoisotopic (exact) mass is 594 g/mol. The first-order valence-corrected chi connectivity index (χ1v) is 15.1. The molecule has 2 saturated heterocycles. The zero-order chi connectivity index (χ0) is 31.2. The van der Waals surface area contributed by atoms with E-state index >= 15 is 0 Å². The molecule has 2 aromatic heterocycles. The van der Waals surface area contributed by atoms with Gasteiger partial charge in [0.2, 0.25) is 0 Å². The molecule has 0 spiro atoms. The number of likely N-dealkylation sites (tertiary alicyclic amines) is 2. The number of H-pyrrole nitrogens is 2. The minimum absolute atomic E-state index is 0.163. The van der Waals surface area contributed by atoms with Crippen LogP contribution in [0.15, 0.2) is 48.7 Å². The lowest BCUT2D eigenvalue weighted by Gasteiger charge is -2.27. The minimum atomic E-state index is -0.916. The van der Waals surface area contributed by atoms with Crippen molar-refractivity contribution in [2.24, 2.45) is 11.8 Å². The second-order valence-corrected chi connectivity index (χ2v) is 13.1. The molecule has 0 unspecified atom stereocenters. The Morgan fingerprint density at radius 2 is 1.55 bits per heavy atom. The molecule has 10 nitrogen and oxygen atoms in total. The predicted octanol–water partition coefficient (Wildman–Crippen LogP) is 6.73. The third-order valence-corrected chi connectivity index (χ3v) is 8.16. The number of ether oxygens (including phenoxy) is 1. The minimum Gasteiger partial charge on any atom is -0.465 e. The molecule has 10 heteroatoms. The number of carbonyl (C=O) groups is 2. The Morgan fingerprint density at radius 1 is 0.909 bits per heavy atom. The Labute approximate surface area is 256 Å². The molecule has 0 aliphatic carbocycles. The molecular weight excluding hydrogens is 556 g/mol. The van der Waals surface area contributed by atoms with Crippen molar-refractivity contribution in [1.29, 1.82) is 0 Å². The van der Waals surface area contributed by atoms with Crippen molar-refractivity contribution in [3.63, 3.8) is 0 Å². The van der Waals surface area contributed by atoms with Crippen molar-refractivity contribution in [2.45, 2.75) is 65.1 Å². The van der Waals surface area contributed by atoms with Gasteiger partial charge in [-0.25, -0.2) is 19.6 Å². The second-order valence-electron chi connectivity index (χ2n) is 13.1. The van der Waals surface area contributed by atoms with E-state index in [1.165, 1.54) is 4.90 Å². The van der Waals surface area contributed by atoms with E-state index in [1.54, 1.807) is 4.90 Å². The van der Waals surface area contributed by atoms with Gasteiger partial charge in [0.05, 0.1) is 28.8 Å². The molecule has 2 aliphatic heterocycles. The fraction of sp³-hybridized carbons (Fsp3) is 0.412. The molecule has 44 heavy (non-hydrogen) atoms. The van der Waals surface area contributed by atoms with Gasteiger partial charge in [0.25, 0.3) is 0 Å². The number of aromatic nitrogens is 4. The van der Waals surface area contributed by atoms with Crippen molar-refractivity contribution in [1.82, 2.24) is 29.7 Å². The Balaban J connectivity index is 1.16. The van der Waals surface area contributed by atoms with Crippen LogP contribution in [0.4, 0.5) is 9.59 Å². The number of carboxylic acid groups (broad SMARTS) is 1. The van der Waals surface area contributed by atoms with Gasteiger partial charge in [-0.2, -0.15) is 0 Å². The van der Waals surface area contributed by atoms with Crippen molar-refractivity contribution < 1.29 is 19.4 Å². The average Bonchev–Trinajstić information content (AvgIpc) is 3.75. The first kappa shape index (κ1) is 29.3. The van der Waals surface area contributed by atoms with Crippen molar-refractivity contribution >= 4 is 23.2 Å². The van der Waals surface area contributed by atoms with E-state index in [9.17, 15) is 14.7 Å². The van der Waals surface area contributed by atoms with Gasteiger partial charge in [-0.3, -0.25) is 9.80 Å². The molecule has 6 rings (SSSR count). The lowest BCUT2D eigenvalue weighted by molar-refractivity contribution is 0.0214. The number of hydrogen-bond acceptors (Lipinski definition) is 5. The maximum atomic E-state index is 12.9. The van der Waals surface area contributed by atoms with Crippen LogP contribution >= 0.6 is 0 Å². The van der Waals surface area contributed by atoms with Gasteiger partial charge in [-0.1, -0.05) is 37.8 Å². The largest absolute Gasteiger partial charge is 0.465 e. The summed E-state index contributed by atoms with van der Waals surface area (Å²) in [4.78, 5) is 44.0. The van der Waals surface area contributed by atoms with E-state index in [-0.39, 0.29) is 18.2 Å². The number of rotatable bonds is 3. The number of nitrogens with one attached hydrogen (secondary N) is 2. The summed E-state index contributed by atoms with van der Waals surface area (Å²) in [5.74, 6) is 8.55. The number of imidazole rings is 2. The summed E-state index contributed by atoms with van der Waals surface area (Å²) >= 11 is 0. The smallest absolute Gasteiger partial charge is 0.410 e. The summed E-state index contributed by atoms with van der Waals surface area (Å²) in [5, 5.41) is 9.56. The lowest BCUT2D eigenvalue weighted by atomic mass is 10.1. The maximum absolute atomic E-state index is 12.9. The van der Waals surface area contributed by atoms with Crippen LogP contribution in [-0.4, -0.2) is 65.7 Å². The third kappa shape index (κ3) is 6.13. The number of aromatic amines is 2. The van der Waals surface area contributed by atoms with Gasteiger partial charge < -0.3 is 19.8 Å². The van der Waals surface area contributed by atoms with Crippen molar-refractivity contribution in [3.8, 4) is 23.1 Å². The summed E-state index contributed by atoms with van der Waals surface area (Å²) in [6.45, 7) is 11.0. The van der Waals surface area contributed by atoms with Crippen LogP contribution in [0.2, 0.25) is 0 Å². The van der Waals surface area contributed by atoms with E-state index in [4.69, 9.17) is 14.7 Å². The van der Waals surface area contributed by atoms with Gasteiger partial charge in [-0.15, -0.1) is 0 Å². The number of nitrogens with zero attached hydrogens (tertiary/aromatic N) is 4. The van der Waals surface area contributed by atoms with E-state index in [2.05, 4.69) is 35.7 Å². The van der Waals surface area contributed by atoms with Crippen molar-refractivity contribution in [2.75, 3.05) is 13.1 Å². The third-order valence-electron chi connectivity index (χ3n) is 8.16. The van der Waals surface area contributed by atoms with E-state index in [1.807, 2.05) is 69.4 Å². The predicted molar refractivity (Wildman–Crippen MR) is 167 cm³/mol. The van der Waals surface area contributed by atoms with Crippen LogP contribution in [0.5, 0.6) is 0 Å². The van der Waals surface area contributed by atoms with Crippen LogP contribution < -0.4 is 0 Å². The van der Waals surface area contributed by atoms with Crippen LogP contribution in [0.3, 0.4) is 0 Å². The van der Waals surface area contributed by atoms with Crippen molar-refractivity contribution in [3.05, 3.63) is 71.4 Å². The molecule has 0 bridgehead atoms. The van der Waals surface area contributed by atoms with Crippen LogP contribution in [0.1, 0.15) is 82.3 Å². The highest BCUT2D eigenvalue weighted by Gasteiger charge is 2.38. The molecule has 4 aromatic rings. The normalized spacial score (nSPS) is 21.8. The molecule has 228 valence electrons. The summed E-state index contributed by atoms with van der Waals surface area (Å²) in [5.41, 5.74) is 4.55. The first-order chi connectivity index (χ1) is 20.9. The summed E-state index contributed by atoms with van der Waals surface area (Å²) in [6.07, 6.45) is 2.17. The van der Waals surface area contributed by atoms with Gasteiger partial charge in [0.15, 0.2) is 0 Å². The average molecular weight is 595 g/mol. The number of benzene rings is 2. The zero-order valence-corrected chi connectivity index (χ0v) is 25.7. The fourth-order valence-electron chi connectivity index (χ4n) is 6.13. The number of carbonyl (C=O) groups excluding carboxylic acids is 1. The second kappa shape index (κ2) is 11.4. The highest BCUT2D eigenvalue weighted by atomic mass is 16.6. The SMILES string of the molecule is C[C@H]1C[C@@H](c2nc(-c3ccc(C#Cc4ccc5[nH]c([C@@H]6C[C@H](C)CN6C(=O)OC(C)(C)C)nc5c4)cc3)c[nH]2)N(C(=O)O)C1.